The number of carbonyl (C=O) groups excluding carboxylic acids is 2. The van der Waals surface area contributed by atoms with Crippen LogP contribution in [0.3, 0.4) is 0 Å². The van der Waals surface area contributed by atoms with Crippen molar-refractivity contribution < 1.29 is 14.3 Å². The zero-order valence-electron chi connectivity index (χ0n) is 13.1. The van der Waals surface area contributed by atoms with E-state index < -0.39 is 6.04 Å². The standard InChI is InChI=1S/C16H22N4O3/c1-23-9-12-6-14(20(8-12)10-21)16(22)19-7-11-2-4-13(5-3-11)15(17)18/h2-5,10,12,14H,6-9H2,1H3,(H3,17,18)(H,19,22). The number of nitrogen functional groups attached to an aromatic ring is 1. The molecule has 0 bridgehead atoms. The summed E-state index contributed by atoms with van der Waals surface area (Å²) < 4.78 is 5.10. The van der Waals surface area contributed by atoms with E-state index in [1.807, 2.05) is 12.1 Å². The molecular weight excluding hydrogens is 296 g/mol. The van der Waals surface area contributed by atoms with Crippen LogP contribution in [-0.2, 0) is 20.9 Å². The van der Waals surface area contributed by atoms with E-state index >= 15 is 0 Å². The first-order chi connectivity index (χ1) is 11.0. The Morgan fingerprint density at radius 3 is 2.74 bits per heavy atom. The second kappa shape index (κ2) is 7.73. The van der Waals surface area contributed by atoms with Crippen molar-refractivity contribution in [2.45, 2.75) is 19.0 Å². The van der Waals surface area contributed by atoms with Gasteiger partial charge in [0.05, 0.1) is 6.61 Å². The van der Waals surface area contributed by atoms with Crippen molar-refractivity contribution in [2.24, 2.45) is 11.7 Å². The minimum Gasteiger partial charge on any atom is -0.384 e. The Morgan fingerprint density at radius 2 is 2.17 bits per heavy atom. The van der Waals surface area contributed by atoms with Gasteiger partial charge < -0.3 is 20.7 Å². The average Bonchev–Trinajstić information content (AvgIpc) is 2.96. The van der Waals surface area contributed by atoms with Gasteiger partial charge in [-0.2, -0.15) is 0 Å². The second-order valence-electron chi connectivity index (χ2n) is 5.70. The van der Waals surface area contributed by atoms with Gasteiger partial charge in [0.2, 0.25) is 12.3 Å². The Balaban J connectivity index is 1.90. The molecule has 1 aromatic carbocycles. The van der Waals surface area contributed by atoms with Gasteiger partial charge in [0.1, 0.15) is 11.9 Å². The number of nitrogens with two attached hydrogens (primary N) is 1. The first-order valence-electron chi connectivity index (χ1n) is 7.46. The molecular formula is C16H22N4O3. The summed E-state index contributed by atoms with van der Waals surface area (Å²) in [5.41, 5.74) is 6.96. The van der Waals surface area contributed by atoms with Crippen LogP contribution in [0.2, 0.25) is 0 Å². The summed E-state index contributed by atoms with van der Waals surface area (Å²) >= 11 is 0. The maximum absolute atomic E-state index is 12.3. The van der Waals surface area contributed by atoms with Gasteiger partial charge in [0.25, 0.3) is 0 Å². The highest BCUT2D eigenvalue weighted by atomic mass is 16.5. The predicted molar refractivity (Wildman–Crippen MR) is 85.8 cm³/mol. The van der Waals surface area contributed by atoms with Crippen LogP contribution in [0.4, 0.5) is 0 Å². The van der Waals surface area contributed by atoms with Gasteiger partial charge in [0.15, 0.2) is 0 Å². The Morgan fingerprint density at radius 1 is 1.48 bits per heavy atom. The van der Waals surface area contributed by atoms with Crippen LogP contribution in [0.5, 0.6) is 0 Å². The third-order valence-electron chi connectivity index (χ3n) is 4.00. The largest absolute Gasteiger partial charge is 0.384 e. The van der Waals surface area contributed by atoms with E-state index in [9.17, 15) is 9.59 Å². The third kappa shape index (κ3) is 4.29. The lowest BCUT2D eigenvalue weighted by Crippen LogP contribution is -2.42. The van der Waals surface area contributed by atoms with E-state index in [0.717, 1.165) is 12.0 Å². The number of hydrogen-bond acceptors (Lipinski definition) is 4. The molecule has 7 heteroatoms. The van der Waals surface area contributed by atoms with Gasteiger partial charge in [0, 0.05) is 31.7 Å². The van der Waals surface area contributed by atoms with Crippen LogP contribution in [0.1, 0.15) is 17.5 Å². The fourth-order valence-electron chi connectivity index (χ4n) is 2.79. The lowest BCUT2D eigenvalue weighted by molar-refractivity contribution is -0.131. The number of rotatable bonds is 7. The van der Waals surface area contributed by atoms with E-state index in [0.29, 0.717) is 31.7 Å². The summed E-state index contributed by atoms with van der Waals surface area (Å²) in [6, 6.07) is 6.68. The lowest BCUT2D eigenvalue weighted by Gasteiger charge is -2.19. The molecule has 7 nitrogen and oxygen atoms in total. The molecule has 2 atom stereocenters. The fourth-order valence-corrected chi connectivity index (χ4v) is 2.79. The summed E-state index contributed by atoms with van der Waals surface area (Å²) in [5, 5.41) is 10.2. The molecule has 1 saturated heterocycles. The molecule has 1 aliphatic heterocycles. The number of hydrogen-bond donors (Lipinski definition) is 3. The van der Waals surface area contributed by atoms with Crippen molar-refractivity contribution in [3.8, 4) is 0 Å². The van der Waals surface area contributed by atoms with Crippen molar-refractivity contribution in [2.75, 3.05) is 20.3 Å². The summed E-state index contributed by atoms with van der Waals surface area (Å²) in [4.78, 5) is 25.0. The van der Waals surface area contributed by atoms with Crippen molar-refractivity contribution in [3.05, 3.63) is 35.4 Å². The minimum absolute atomic E-state index is 0.0114. The van der Waals surface area contributed by atoms with E-state index in [2.05, 4.69) is 5.32 Å². The van der Waals surface area contributed by atoms with Crippen molar-refractivity contribution in [1.82, 2.24) is 10.2 Å². The molecule has 23 heavy (non-hydrogen) atoms. The SMILES string of the molecule is COCC1CC(C(=O)NCc2ccc(C(=N)N)cc2)N(C=O)C1. The first kappa shape index (κ1) is 17.0. The minimum atomic E-state index is -0.441. The number of likely N-dealkylation sites (tertiary alicyclic amines) is 1. The molecule has 1 aliphatic rings. The maximum Gasteiger partial charge on any atom is 0.243 e. The molecule has 0 aromatic heterocycles. The van der Waals surface area contributed by atoms with Crippen molar-refractivity contribution in [1.29, 1.82) is 5.41 Å². The van der Waals surface area contributed by atoms with E-state index in [4.69, 9.17) is 15.9 Å². The molecule has 0 spiro atoms. The Kier molecular flexibility index (Phi) is 5.70. The zero-order valence-corrected chi connectivity index (χ0v) is 13.1. The maximum atomic E-state index is 12.3. The van der Waals surface area contributed by atoms with Gasteiger partial charge >= 0.3 is 0 Å². The fraction of sp³-hybridized carbons (Fsp3) is 0.438. The molecule has 1 fully saturated rings. The lowest BCUT2D eigenvalue weighted by atomic mass is 10.1. The Hall–Kier alpha value is -2.41. The van der Waals surface area contributed by atoms with Crippen LogP contribution in [0.15, 0.2) is 24.3 Å². The average molecular weight is 318 g/mol. The number of nitrogens with zero attached hydrogens (tertiary/aromatic N) is 1. The number of methoxy groups -OCH3 is 1. The molecule has 1 aromatic rings. The number of carbonyl (C=O) groups is 2. The molecule has 4 N–H and O–H groups in total. The van der Waals surface area contributed by atoms with Gasteiger partial charge in [-0.05, 0) is 12.0 Å². The molecule has 2 unspecified atom stereocenters. The summed E-state index contributed by atoms with van der Waals surface area (Å²) in [6.45, 7) is 1.46. The van der Waals surface area contributed by atoms with E-state index in [1.165, 1.54) is 4.90 Å². The van der Waals surface area contributed by atoms with Gasteiger partial charge in [-0.3, -0.25) is 15.0 Å². The van der Waals surface area contributed by atoms with Gasteiger partial charge in [-0.15, -0.1) is 0 Å². The highest BCUT2D eigenvalue weighted by molar-refractivity contribution is 5.94. The number of amidine groups is 1. The summed E-state index contributed by atoms with van der Waals surface area (Å²) in [7, 11) is 1.61. The quantitative estimate of drug-likeness (QED) is 0.376. The Bertz CT molecular complexity index is 573. The molecule has 2 rings (SSSR count). The molecule has 2 amide bonds. The summed E-state index contributed by atoms with van der Waals surface area (Å²) in [5.74, 6) is 0.0412. The number of ether oxygens (including phenoxy) is 1. The monoisotopic (exact) mass is 318 g/mol. The molecule has 1 heterocycles. The highest BCUT2D eigenvalue weighted by Gasteiger charge is 2.35. The molecule has 124 valence electrons. The number of amides is 2. The van der Waals surface area contributed by atoms with Crippen LogP contribution in [-0.4, -0.2) is 49.4 Å². The van der Waals surface area contributed by atoms with Crippen LogP contribution in [0, 0.1) is 11.3 Å². The van der Waals surface area contributed by atoms with E-state index in [-0.39, 0.29) is 17.7 Å². The first-order valence-corrected chi connectivity index (χ1v) is 7.46. The van der Waals surface area contributed by atoms with Crippen molar-refractivity contribution in [3.63, 3.8) is 0 Å². The molecule has 0 radical (unpaired) electrons. The zero-order chi connectivity index (χ0) is 16.8. The van der Waals surface area contributed by atoms with Gasteiger partial charge in [-0.25, -0.2) is 0 Å². The second-order valence-corrected chi connectivity index (χ2v) is 5.70. The smallest absolute Gasteiger partial charge is 0.243 e. The van der Waals surface area contributed by atoms with Crippen LogP contribution >= 0.6 is 0 Å². The van der Waals surface area contributed by atoms with Crippen molar-refractivity contribution >= 4 is 18.2 Å². The number of benzene rings is 1. The predicted octanol–water partition coefficient (Wildman–Crippen LogP) is 0.0802. The third-order valence-corrected chi connectivity index (χ3v) is 4.00. The van der Waals surface area contributed by atoms with Gasteiger partial charge in [-0.1, -0.05) is 24.3 Å². The van der Waals surface area contributed by atoms with Crippen LogP contribution in [0.25, 0.3) is 0 Å². The molecule has 0 aliphatic carbocycles. The highest BCUT2D eigenvalue weighted by Crippen LogP contribution is 2.22. The Labute approximate surface area is 135 Å². The molecule has 0 saturated carbocycles. The normalized spacial score (nSPS) is 20.3. The summed E-state index contributed by atoms with van der Waals surface area (Å²) in [6.07, 6.45) is 1.34. The van der Waals surface area contributed by atoms with Crippen LogP contribution < -0.4 is 11.1 Å². The number of nitrogens with one attached hydrogen (secondary N) is 2. The topological polar surface area (TPSA) is 109 Å². The van der Waals surface area contributed by atoms with E-state index in [1.54, 1.807) is 19.2 Å².